The van der Waals surface area contributed by atoms with Crippen LogP contribution in [0.1, 0.15) is 29.6 Å². The molecule has 0 heterocycles. The van der Waals surface area contributed by atoms with E-state index in [-0.39, 0.29) is 29.0 Å². The van der Waals surface area contributed by atoms with Crippen LogP contribution in [-0.4, -0.2) is 33.8 Å². The SMILES string of the molecule is O=C(O)c1ccc(NCC2CCCC2O)c([N+](=O)[O-])c1. The topological polar surface area (TPSA) is 113 Å². The molecule has 0 radical (unpaired) electrons. The van der Waals surface area contributed by atoms with Crippen LogP contribution in [0, 0.1) is 16.0 Å². The van der Waals surface area contributed by atoms with E-state index in [0.717, 1.165) is 25.3 Å². The third kappa shape index (κ3) is 3.05. The second kappa shape index (κ2) is 5.87. The smallest absolute Gasteiger partial charge is 0.335 e. The van der Waals surface area contributed by atoms with Crippen molar-refractivity contribution in [2.45, 2.75) is 25.4 Å². The number of rotatable bonds is 5. The van der Waals surface area contributed by atoms with Crippen molar-refractivity contribution in [1.82, 2.24) is 0 Å². The molecule has 108 valence electrons. The van der Waals surface area contributed by atoms with Crippen molar-refractivity contribution in [3.8, 4) is 0 Å². The molecule has 0 aromatic heterocycles. The van der Waals surface area contributed by atoms with Gasteiger partial charge in [-0.15, -0.1) is 0 Å². The van der Waals surface area contributed by atoms with E-state index in [0.29, 0.717) is 6.54 Å². The minimum atomic E-state index is -1.20. The molecule has 2 unspecified atom stereocenters. The number of nitrogens with zero attached hydrogens (tertiary/aromatic N) is 1. The van der Waals surface area contributed by atoms with E-state index in [1.807, 2.05) is 0 Å². The fourth-order valence-corrected chi connectivity index (χ4v) is 2.46. The molecule has 1 aromatic rings. The van der Waals surface area contributed by atoms with Gasteiger partial charge in [-0.2, -0.15) is 0 Å². The van der Waals surface area contributed by atoms with Crippen LogP contribution in [0.2, 0.25) is 0 Å². The lowest BCUT2D eigenvalue weighted by Crippen LogP contribution is -2.22. The summed E-state index contributed by atoms with van der Waals surface area (Å²) in [5, 5.41) is 32.5. The van der Waals surface area contributed by atoms with Gasteiger partial charge in [-0.25, -0.2) is 4.79 Å². The normalized spacial score (nSPS) is 21.6. The maximum absolute atomic E-state index is 11.0. The van der Waals surface area contributed by atoms with E-state index >= 15 is 0 Å². The number of aliphatic hydroxyl groups excluding tert-OH is 1. The first-order chi connectivity index (χ1) is 9.49. The molecule has 7 heteroatoms. The van der Waals surface area contributed by atoms with Crippen LogP contribution < -0.4 is 5.32 Å². The summed E-state index contributed by atoms with van der Waals surface area (Å²) in [7, 11) is 0. The van der Waals surface area contributed by atoms with Crippen molar-refractivity contribution in [3.63, 3.8) is 0 Å². The molecule has 0 amide bonds. The molecular weight excluding hydrogens is 264 g/mol. The Bertz CT molecular complexity index is 531. The van der Waals surface area contributed by atoms with Gasteiger partial charge in [0.25, 0.3) is 5.69 Å². The van der Waals surface area contributed by atoms with Gasteiger partial charge in [0.2, 0.25) is 0 Å². The van der Waals surface area contributed by atoms with Gasteiger partial charge in [-0.05, 0) is 25.0 Å². The van der Waals surface area contributed by atoms with Gasteiger partial charge in [0.1, 0.15) is 5.69 Å². The van der Waals surface area contributed by atoms with Gasteiger partial charge in [0, 0.05) is 18.5 Å². The van der Waals surface area contributed by atoms with E-state index in [1.165, 1.54) is 12.1 Å². The quantitative estimate of drug-likeness (QED) is 0.560. The standard InChI is InChI=1S/C13H16N2O5/c16-12-3-1-2-9(12)7-14-10-5-4-8(13(17)18)6-11(10)15(19)20/h4-6,9,12,14,16H,1-3,7H2,(H,17,18). The van der Waals surface area contributed by atoms with Crippen LogP contribution in [-0.2, 0) is 0 Å². The van der Waals surface area contributed by atoms with Gasteiger partial charge < -0.3 is 15.5 Å². The van der Waals surface area contributed by atoms with Crippen LogP contribution in [0.4, 0.5) is 11.4 Å². The fraction of sp³-hybridized carbons (Fsp3) is 0.462. The molecule has 1 saturated carbocycles. The van der Waals surface area contributed by atoms with Crippen LogP contribution >= 0.6 is 0 Å². The lowest BCUT2D eigenvalue weighted by atomic mass is 10.1. The molecule has 0 saturated heterocycles. The predicted molar refractivity (Wildman–Crippen MR) is 71.9 cm³/mol. The zero-order valence-corrected chi connectivity index (χ0v) is 10.8. The van der Waals surface area contributed by atoms with Crippen molar-refractivity contribution < 1.29 is 19.9 Å². The number of hydrogen-bond donors (Lipinski definition) is 3. The first-order valence-corrected chi connectivity index (χ1v) is 6.42. The third-order valence-corrected chi connectivity index (χ3v) is 3.62. The molecule has 20 heavy (non-hydrogen) atoms. The Morgan fingerprint density at radius 2 is 2.20 bits per heavy atom. The second-order valence-corrected chi connectivity index (χ2v) is 4.93. The molecule has 3 N–H and O–H groups in total. The molecule has 1 fully saturated rings. The highest BCUT2D eigenvalue weighted by Gasteiger charge is 2.26. The first kappa shape index (κ1) is 14.3. The minimum Gasteiger partial charge on any atom is -0.478 e. The molecule has 2 atom stereocenters. The summed E-state index contributed by atoms with van der Waals surface area (Å²) in [5.41, 5.74) is -0.111. The number of anilines is 1. The number of benzene rings is 1. The van der Waals surface area contributed by atoms with Crippen molar-refractivity contribution in [2.24, 2.45) is 5.92 Å². The van der Waals surface area contributed by atoms with Gasteiger partial charge in [-0.3, -0.25) is 10.1 Å². The average molecular weight is 280 g/mol. The van der Waals surface area contributed by atoms with Gasteiger partial charge in [-0.1, -0.05) is 6.42 Å². The first-order valence-electron chi connectivity index (χ1n) is 6.42. The third-order valence-electron chi connectivity index (χ3n) is 3.62. The Kier molecular flexibility index (Phi) is 4.19. The number of nitrogens with one attached hydrogen (secondary N) is 1. The van der Waals surface area contributed by atoms with Crippen LogP contribution in [0.3, 0.4) is 0 Å². The van der Waals surface area contributed by atoms with Gasteiger partial charge in [0.05, 0.1) is 16.6 Å². The average Bonchev–Trinajstić information content (AvgIpc) is 2.81. The monoisotopic (exact) mass is 280 g/mol. The summed E-state index contributed by atoms with van der Waals surface area (Å²) < 4.78 is 0. The van der Waals surface area contributed by atoms with Crippen LogP contribution in [0.15, 0.2) is 18.2 Å². The lowest BCUT2D eigenvalue weighted by molar-refractivity contribution is -0.384. The Morgan fingerprint density at radius 1 is 1.45 bits per heavy atom. The summed E-state index contributed by atoms with van der Waals surface area (Å²) in [6.45, 7) is 0.439. The molecule has 2 rings (SSSR count). The number of aliphatic hydroxyl groups is 1. The van der Waals surface area contributed by atoms with Gasteiger partial charge in [0.15, 0.2) is 0 Å². The highest BCUT2D eigenvalue weighted by Crippen LogP contribution is 2.29. The number of carboxylic acid groups (broad SMARTS) is 1. The number of nitro benzene ring substituents is 1. The summed E-state index contributed by atoms with van der Waals surface area (Å²) in [6.07, 6.45) is 2.22. The predicted octanol–water partition coefficient (Wildman–Crippen LogP) is 1.87. The van der Waals surface area contributed by atoms with Crippen molar-refractivity contribution in [2.75, 3.05) is 11.9 Å². The minimum absolute atomic E-state index is 0.0776. The van der Waals surface area contributed by atoms with Crippen molar-refractivity contribution >= 4 is 17.3 Å². The molecule has 0 aliphatic heterocycles. The number of carbonyl (C=O) groups is 1. The summed E-state index contributed by atoms with van der Waals surface area (Å²) in [5.74, 6) is -1.13. The van der Waals surface area contributed by atoms with E-state index in [2.05, 4.69) is 5.32 Å². The Morgan fingerprint density at radius 3 is 2.75 bits per heavy atom. The molecule has 1 aliphatic carbocycles. The van der Waals surface area contributed by atoms with E-state index in [9.17, 15) is 20.0 Å². The molecular formula is C13H16N2O5. The molecule has 1 aliphatic rings. The van der Waals surface area contributed by atoms with Crippen molar-refractivity contribution in [3.05, 3.63) is 33.9 Å². The van der Waals surface area contributed by atoms with E-state index < -0.39 is 10.9 Å². The lowest BCUT2D eigenvalue weighted by Gasteiger charge is -2.16. The number of nitro groups is 1. The largest absolute Gasteiger partial charge is 0.478 e. The Labute approximate surface area is 115 Å². The number of aromatic carboxylic acids is 1. The zero-order chi connectivity index (χ0) is 14.7. The second-order valence-electron chi connectivity index (χ2n) is 4.93. The van der Waals surface area contributed by atoms with Crippen LogP contribution in [0.25, 0.3) is 0 Å². The Balaban J connectivity index is 2.14. The molecule has 0 spiro atoms. The summed E-state index contributed by atoms with van der Waals surface area (Å²) >= 11 is 0. The molecule has 1 aromatic carbocycles. The highest BCUT2D eigenvalue weighted by molar-refractivity contribution is 5.89. The maximum atomic E-state index is 11.0. The molecule has 0 bridgehead atoms. The number of carboxylic acids is 1. The summed E-state index contributed by atoms with van der Waals surface area (Å²) in [4.78, 5) is 21.2. The maximum Gasteiger partial charge on any atom is 0.335 e. The Hall–Kier alpha value is -2.15. The zero-order valence-electron chi connectivity index (χ0n) is 10.8. The highest BCUT2D eigenvalue weighted by atomic mass is 16.6. The fourth-order valence-electron chi connectivity index (χ4n) is 2.46. The van der Waals surface area contributed by atoms with Gasteiger partial charge >= 0.3 is 5.97 Å². The van der Waals surface area contributed by atoms with E-state index in [1.54, 1.807) is 0 Å². The number of hydrogen-bond acceptors (Lipinski definition) is 5. The van der Waals surface area contributed by atoms with E-state index in [4.69, 9.17) is 5.11 Å². The van der Waals surface area contributed by atoms with Crippen molar-refractivity contribution in [1.29, 1.82) is 0 Å². The van der Waals surface area contributed by atoms with Crippen LogP contribution in [0.5, 0.6) is 0 Å². The summed E-state index contributed by atoms with van der Waals surface area (Å²) in [6, 6.07) is 3.75. The molecule has 7 nitrogen and oxygen atoms in total.